The number of methoxy groups -OCH3 is 1. The SMILES string of the molecule is COC(C[Si](CCC1CCC2OC2C1)(OC)O[Si](CCC1CCC2OC2C1)(O[Si](CCC1CCC2OC2C1)(O[Si](CCC1CCC2OC2C1)(OC)O[Si](OC)(c1ccccc1)c1ccccc1)O[Si](OC)(c1ccccc1)c1ccccc1)O[Si](OC)(c1ccccc1)c1ccccc1)(c1ccccc1)c1ccccc1. The molecule has 4 saturated carbocycles. The lowest BCUT2D eigenvalue weighted by atomic mass is 9.87. The summed E-state index contributed by atoms with van der Waals surface area (Å²) in [6.45, 7) is 0. The topological polar surface area (TPSA) is 161 Å². The average molecular weight is 1620 g/mol. The maximum Gasteiger partial charge on any atom is 0.484 e. The molecule has 588 valence electrons. The van der Waals surface area contributed by atoms with E-state index in [0.29, 0.717) is 61.6 Å². The number of fused-ring (bicyclic) bond motifs is 4. The van der Waals surface area contributed by atoms with Crippen molar-refractivity contribution in [1.29, 1.82) is 0 Å². The van der Waals surface area contributed by atoms with E-state index in [0.717, 1.165) is 126 Å². The highest BCUT2D eigenvalue weighted by atomic mass is 28.6. The van der Waals surface area contributed by atoms with Crippen molar-refractivity contribution in [3.63, 3.8) is 0 Å². The third-order valence-electron chi connectivity index (χ3n) is 25.6. The molecule has 23 heteroatoms. The van der Waals surface area contributed by atoms with Crippen molar-refractivity contribution in [3.8, 4) is 0 Å². The Bertz CT molecular complexity index is 3820. The molecule has 0 bridgehead atoms. The van der Waals surface area contributed by atoms with Crippen LogP contribution < -0.4 is 31.1 Å². The number of hydrogen-bond donors (Lipinski definition) is 0. The normalized spacial score (nSPS) is 26.9. The number of epoxide rings is 4. The van der Waals surface area contributed by atoms with Crippen molar-refractivity contribution < 1.29 is 70.5 Å². The molecule has 0 aromatic heterocycles. The van der Waals surface area contributed by atoms with Crippen LogP contribution in [0.1, 0.15) is 114 Å². The number of hydrogen-bond acceptors (Lipinski definition) is 16. The summed E-state index contributed by atoms with van der Waals surface area (Å²) in [6, 6.07) is 86.2. The molecule has 4 heterocycles. The van der Waals surface area contributed by atoms with E-state index < -0.39 is 66.3 Å². The standard InChI is InChI=1S/C88H112O16Si7/c1-89-88(72-31-15-7-16-32-72,73-33-17-8-18-34-73)67-105(90-2,59-55-68-47-51-80-84(63-68)95-80)99-107(61-57-70-49-53-82-86(65-70)97-82,103-110(93-5,76-39-23-11-24-40-76)77-41-25-12-26-42-77)101-108(62-58-71-50-54-83-87(66-71)98-83,104-111(94-6,78-43-27-13-28-44-78)79-45-29-14-30-46-79)100-106(91-3,60-56-69-48-52-81-85(64-69)96-81)102-109(92-4,74-35-19-9-20-36-74)75-37-21-10-22-38-75/h7-46,68-71,80-87H,47-67H2,1-6H3. The largest absolute Gasteiger partial charge is 0.484 e. The van der Waals surface area contributed by atoms with Gasteiger partial charge in [0.25, 0.3) is 0 Å². The second-order valence-electron chi connectivity index (χ2n) is 32.3. The van der Waals surface area contributed by atoms with Crippen molar-refractivity contribution in [1.82, 2.24) is 0 Å². The minimum absolute atomic E-state index is 0.163. The molecule has 8 aromatic rings. The third kappa shape index (κ3) is 17.5. The Morgan fingerprint density at radius 2 is 0.532 bits per heavy atom. The van der Waals surface area contributed by atoms with Crippen LogP contribution in [0.25, 0.3) is 0 Å². The van der Waals surface area contributed by atoms with Gasteiger partial charge in [-0.1, -0.05) is 243 Å². The lowest BCUT2D eigenvalue weighted by molar-refractivity contribution is 0.0277. The van der Waals surface area contributed by atoms with Crippen LogP contribution in [0.2, 0.25) is 30.2 Å². The molecule has 16 nitrogen and oxygen atoms in total. The number of rotatable bonds is 40. The van der Waals surface area contributed by atoms with Gasteiger partial charge in [0.1, 0.15) is 5.60 Å². The molecule has 0 spiro atoms. The predicted molar refractivity (Wildman–Crippen MR) is 445 cm³/mol. The van der Waals surface area contributed by atoms with Gasteiger partial charge in [0.2, 0.25) is 0 Å². The number of ether oxygens (including phenoxy) is 5. The molecule has 8 aromatic carbocycles. The summed E-state index contributed by atoms with van der Waals surface area (Å²) in [5.74, 6) is 0.965. The van der Waals surface area contributed by atoms with E-state index >= 15 is 0 Å². The molecule has 0 amide bonds. The number of benzene rings is 8. The Morgan fingerprint density at radius 1 is 0.270 bits per heavy atom. The van der Waals surface area contributed by atoms with Gasteiger partial charge in [0.15, 0.2) is 0 Å². The van der Waals surface area contributed by atoms with E-state index in [1.165, 1.54) is 0 Å². The summed E-state index contributed by atoms with van der Waals surface area (Å²) in [5.41, 5.74) is 0.801. The first-order chi connectivity index (χ1) is 54.3. The summed E-state index contributed by atoms with van der Waals surface area (Å²) in [4.78, 5) is 0. The van der Waals surface area contributed by atoms with Crippen LogP contribution in [-0.2, 0) is 76.1 Å². The van der Waals surface area contributed by atoms with Gasteiger partial charge in [0, 0.05) is 66.8 Å². The van der Waals surface area contributed by atoms with Crippen LogP contribution in [0.3, 0.4) is 0 Å². The lowest BCUT2D eigenvalue weighted by Crippen LogP contribution is -2.77. The zero-order valence-corrected chi connectivity index (χ0v) is 72.4. The fourth-order valence-corrected chi connectivity index (χ4v) is 54.5. The maximum atomic E-state index is 9.51. The Balaban J connectivity index is 0.993. The van der Waals surface area contributed by atoms with E-state index in [1.807, 2.05) is 33.5 Å². The van der Waals surface area contributed by atoms with E-state index in [2.05, 4.69) is 231 Å². The molecule has 16 atom stereocenters. The molecule has 8 fully saturated rings. The first kappa shape index (κ1) is 79.5. The van der Waals surface area contributed by atoms with Crippen LogP contribution in [0, 0.1) is 23.7 Å². The summed E-state index contributed by atoms with van der Waals surface area (Å²) in [5, 5.41) is 5.29. The Kier molecular flexibility index (Phi) is 24.9. The second-order valence-corrected chi connectivity index (χ2v) is 54.7. The Hall–Kier alpha value is -5.36. The maximum absolute atomic E-state index is 9.51. The van der Waals surface area contributed by atoms with Gasteiger partial charge in [0.05, 0.1) is 48.8 Å². The van der Waals surface area contributed by atoms with E-state index in [9.17, 15) is 8.23 Å². The highest BCUT2D eigenvalue weighted by Crippen LogP contribution is 2.52. The first-order valence-corrected chi connectivity index (χ1v) is 54.4. The Labute approximate surface area is 665 Å². The van der Waals surface area contributed by atoms with Crippen LogP contribution in [0.15, 0.2) is 243 Å². The molecule has 111 heavy (non-hydrogen) atoms. The summed E-state index contributed by atoms with van der Waals surface area (Å²) in [7, 11) is -20.2. The molecule has 0 radical (unpaired) electrons. The molecular weight excluding hydrogens is 1510 g/mol. The van der Waals surface area contributed by atoms with Gasteiger partial charge >= 0.3 is 60.7 Å². The van der Waals surface area contributed by atoms with Gasteiger partial charge in [-0.25, -0.2) is 0 Å². The molecular formula is C88H112O16Si7. The minimum Gasteiger partial charge on any atom is -0.398 e. The fraction of sp³-hybridized carbons (Fsp3) is 0.455. The zero-order valence-electron chi connectivity index (χ0n) is 65.4. The highest BCUT2D eigenvalue weighted by molar-refractivity contribution is 7.02. The monoisotopic (exact) mass is 1620 g/mol. The van der Waals surface area contributed by atoms with Crippen LogP contribution in [0.4, 0.5) is 0 Å². The highest BCUT2D eigenvalue weighted by Gasteiger charge is 2.70. The summed E-state index contributed by atoms with van der Waals surface area (Å²) >= 11 is 0. The van der Waals surface area contributed by atoms with Gasteiger partial charge in [-0.15, -0.1) is 0 Å². The van der Waals surface area contributed by atoms with Crippen LogP contribution in [0.5, 0.6) is 0 Å². The van der Waals surface area contributed by atoms with Crippen molar-refractivity contribution in [2.75, 3.05) is 42.7 Å². The van der Waals surface area contributed by atoms with Crippen LogP contribution in [-0.4, -0.2) is 152 Å². The molecule has 16 unspecified atom stereocenters. The first-order valence-electron chi connectivity index (χ1n) is 40.9. The van der Waals surface area contributed by atoms with Crippen molar-refractivity contribution in [2.24, 2.45) is 23.7 Å². The van der Waals surface area contributed by atoms with E-state index in [1.54, 1.807) is 21.3 Å². The molecule has 4 aliphatic heterocycles. The molecule has 16 rings (SSSR count). The van der Waals surface area contributed by atoms with Crippen LogP contribution >= 0.6 is 0 Å². The summed E-state index contributed by atoms with van der Waals surface area (Å²) in [6.07, 6.45) is 16.2. The molecule has 4 aliphatic carbocycles. The third-order valence-corrected chi connectivity index (χ3v) is 55.0. The average Bonchev–Trinajstić information content (AvgIpc) is 1.73. The summed E-state index contributed by atoms with van der Waals surface area (Å²) < 4.78 is 126. The fourth-order valence-electron chi connectivity index (χ4n) is 19.2. The molecule has 8 aliphatic rings. The lowest BCUT2D eigenvalue weighted by Gasteiger charge is -2.51. The second kappa shape index (κ2) is 34.8. The Morgan fingerprint density at radius 3 is 0.802 bits per heavy atom. The predicted octanol–water partition coefficient (Wildman–Crippen LogP) is 13.8. The van der Waals surface area contributed by atoms with E-state index in [-0.39, 0.29) is 60.4 Å². The molecule has 0 N–H and O–H groups in total. The van der Waals surface area contributed by atoms with Crippen molar-refractivity contribution >= 4 is 91.8 Å². The van der Waals surface area contributed by atoms with Crippen molar-refractivity contribution in [2.45, 2.75) is 187 Å². The van der Waals surface area contributed by atoms with Gasteiger partial charge in [-0.3, -0.25) is 0 Å². The molecule has 4 saturated heterocycles. The van der Waals surface area contributed by atoms with Gasteiger partial charge in [-0.2, -0.15) is 0 Å². The minimum atomic E-state index is -5.06. The van der Waals surface area contributed by atoms with Gasteiger partial charge in [-0.05, 0) is 175 Å². The van der Waals surface area contributed by atoms with Gasteiger partial charge < -0.3 is 70.5 Å². The van der Waals surface area contributed by atoms with E-state index in [4.69, 9.17) is 62.3 Å². The zero-order chi connectivity index (χ0) is 76.0. The van der Waals surface area contributed by atoms with Crippen molar-refractivity contribution in [3.05, 3.63) is 254 Å². The smallest absolute Gasteiger partial charge is 0.398 e. The quantitative estimate of drug-likeness (QED) is 0.0263.